The van der Waals surface area contributed by atoms with E-state index >= 15 is 0 Å². The maximum atomic E-state index is 5.27. The van der Waals surface area contributed by atoms with E-state index in [1.807, 2.05) is 12.1 Å². The molecule has 1 N–H and O–H groups in total. The lowest BCUT2D eigenvalue weighted by atomic mass is 9.99. The van der Waals surface area contributed by atoms with Crippen LogP contribution < -0.4 is 10.1 Å². The quantitative estimate of drug-likeness (QED) is 0.756. The van der Waals surface area contributed by atoms with Crippen LogP contribution in [0.4, 0.5) is 0 Å². The first kappa shape index (κ1) is 16.8. The second-order valence-electron chi connectivity index (χ2n) is 6.01. The minimum absolute atomic E-state index is 0.884. The van der Waals surface area contributed by atoms with Crippen LogP contribution in [0.15, 0.2) is 22.7 Å². The number of hydrogen-bond acceptors (Lipinski definition) is 3. The van der Waals surface area contributed by atoms with Gasteiger partial charge in [0.1, 0.15) is 5.75 Å². The van der Waals surface area contributed by atoms with Gasteiger partial charge in [-0.3, -0.25) is 0 Å². The molecule has 0 aromatic heterocycles. The summed E-state index contributed by atoms with van der Waals surface area (Å²) in [5.41, 5.74) is 1.25. The van der Waals surface area contributed by atoms with E-state index in [0.29, 0.717) is 0 Å². The van der Waals surface area contributed by atoms with Gasteiger partial charge in [-0.05, 0) is 75.1 Å². The molecule has 0 atom stereocenters. The summed E-state index contributed by atoms with van der Waals surface area (Å²) in [4.78, 5) is 2.60. The number of methoxy groups -OCH3 is 1. The third-order valence-electron chi connectivity index (χ3n) is 4.27. The summed E-state index contributed by atoms with van der Waals surface area (Å²) in [6, 6.07) is 6.11. The molecule has 2 rings (SSSR count). The zero-order valence-electron chi connectivity index (χ0n) is 13.2. The molecule has 0 amide bonds. The average molecular weight is 355 g/mol. The summed E-state index contributed by atoms with van der Waals surface area (Å²) in [5, 5.41) is 3.53. The van der Waals surface area contributed by atoms with Crippen molar-refractivity contribution in [3.05, 3.63) is 28.2 Å². The number of ether oxygens (including phenoxy) is 1. The van der Waals surface area contributed by atoms with Gasteiger partial charge in [0.15, 0.2) is 0 Å². The number of nitrogens with zero attached hydrogens (tertiary/aromatic N) is 1. The standard InChI is InChI=1S/C17H27BrN2O/c1-14-6-10-20(11-7-14)9-3-8-19-13-15-12-16(21-2)4-5-17(15)18/h4-5,12,14,19H,3,6-11,13H2,1-2H3. The number of piperidine rings is 1. The molecule has 1 heterocycles. The molecule has 21 heavy (non-hydrogen) atoms. The fourth-order valence-electron chi connectivity index (χ4n) is 2.75. The Balaban J connectivity index is 1.63. The molecule has 0 bridgehead atoms. The third-order valence-corrected chi connectivity index (χ3v) is 5.05. The fraction of sp³-hybridized carbons (Fsp3) is 0.647. The Morgan fingerprint density at radius 1 is 1.33 bits per heavy atom. The predicted molar refractivity (Wildman–Crippen MR) is 91.9 cm³/mol. The minimum Gasteiger partial charge on any atom is -0.497 e. The van der Waals surface area contributed by atoms with E-state index < -0.39 is 0 Å². The lowest BCUT2D eigenvalue weighted by Crippen LogP contribution is -2.34. The summed E-state index contributed by atoms with van der Waals surface area (Å²) in [6.07, 6.45) is 3.95. The Bertz CT molecular complexity index is 431. The van der Waals surface area contributed by atoms with Gasteiger partial charge in [-0.15, -0.1) is 0 Å². The number of likely N-dealkylation sites (tertiary alicyclic amines) is 1. The molecule has 0 aliphatic carbocycles. The molecular formula is C17H27BrN2O. The van der Waals surface area contributed by atoms with Gasteiger partial charge in [0.2, 0.25) is 0 Å². The van der Waals surface area contributed by atoms with Crippen LogP contribution in [0.25, 0.3) is 0 Å². The van der Waals surface area contributed by atoms with Gasteiger partial charge in [0.25, 0.3) is 0 Å². The Morgan fingerprint density at radius 2 is 2.10 bits per heavy atom. The first-order valence-corrected chi connectivity index (χ1v) is 8.74. The van der Waals surface area contributed by atoms with Crippen molar-refractivity contribution in [2.45, 2.75) is 32.7 Å². The molecule has 4 heteroatoms. The molecule has 1 aromatic rings. The van der Waals surface area contributed by atoms with E-state index in [1.54, 1.807) is 7.11 Å². The van der Waals surface area contributed by atoms with Crippen molar-refractivity contribution < 1.29 is 4.74 Å². The van der Waals surface area contributed by atoms with Gasteiger partial charge in [-0.1, -0.05) is 22.9 Å². The molecular weight excluding hydrogens is 328 g/mol. The Labute approximate surface area is 137 Å². The van der Waals surface area contributed by atoms with E-state index in [1.165, 1.54) is 44.5 Å². The van der Waals surface area contributed by atoms with Crippen molar-refractivity contribution >= 4 is 15.9 Å². The van der Waals surface area contributed by atoms with E-state index in [2.05, 4.69) is 39.1 Å². The van der Waals surface area contributed by atoms with Gasteiger partial charge >= 0.3 is 0 Å². The highest BCUT2D eigenvalue weighted by Gasteiger charge is 2.14. The van der Waals surface area contributed by atoms with Crippen LogP contribution in [0.3, 0.4) is 0 Å². The van der Waals surface area contributed by atoms with Gasteiger partial charge < -0.3 is 15.0 Å². The molecule has 118 valence electrons. The highest BCUT2D eigenvalue weighted by atomic mass is 79.9. The van der Waals surface area contributed by atoms with Crippen molar-refractivity contribution in [3.63, 3.8) is 0 Å². The van der Waals surface area contributed by atoms with Crippen LogP contribution in [0.1, 0.15) is 31.7 Å². The lowest BCUT2D eigenvalue weighted by molar-refractivity contribution is 0.190. The zero-order valence-corrected chi connectivity index (χ0v) is 14.8. The van der Waals surface area contributed by atoms with Crippen LogP contribution in [-0.4, -0.2) is 38.2 Å². The second-order valence-corrected chi connectivity index (χ2v) is 6.87. The van der Waals surface area contributed by atoms with E-state index in [4.69, 9.17) is 4.74 Å². The van der Waals surface area contributed by atoms with Crippen molar-refractivity contribution in [2.24, 2.45) is 5.92 Å². The first-order valence-electron chi connectivity index (χ1n) is 7.94. The molecule has 1 aliphatic heterocycles. The predicted octanol–water partition coefficient (Wildman–Crippen LogP) is 3.67. The van der Waals surface area contributed by atoms with Gasteiger partial charge in [0, 0.05) is 11.0 Å². The van der Waals surface area contributed by atoms with Crippen LogP contribution in [0.2, 0.25) is 0 Å². The van der Waals surface area contributed by atoms with Crippen molar-refractivity contribution in [2.75, 3.05) is 33.3 Å². The molecule has 3 nitrogen and oxygen atoms in total. The summed E-state index contributed by atoms with van der Waals surface area (Å²) < 4.78 is 6.41. The highest BCUT2D eigenvalue weighted by molar-refractivity contribution is 9.10. The number of benzene rings is 1. The number of rotatable bonds is 7. The summed E-state index contributed by atoms with van der Waals surface area (Å²) in [7, 11) is 1.71. The number of halogens is 1. The van der Waals surface area contributed by atoms with E-state index in [9.17, 15) is 0 Å². The lowest BCUT2D eigenvalue weighted by Gasteiger charge is -2.30. The molecule has 1 saturated heterocycles. The Hall–Kier alpha value is -0.580. The van der Waals surface area contributed by atoms with Gasteiger partial charge in [0.05, 0.1) is 7.11 Å². The minimum atomic E-state index is 0.884. The molecule has 1 aromatic carbocycles. The Kier molecular flexibility index (Phi) is 7.00. The molecule has 1 fully saturated rings. The average Bonchev–Trinajstić information content (AvgIpc) is 2.50. The molecule has 0 saturated carbocycles. The van der Waals surface area contributed by atoms with Gasteiger partial charge in [-0.2, -0.15) is 0 Å². The Morgan fingerprint density at radius 3 is 2.81 bits per heavy atom. The molecule has 0 spiro atoms. The van der Waals surface area contributed by atoms with Crippen molar-refractivity contribution in [1.29, 1.82) is 0 Å². The SMILES string of the molecule is COc1ccc(Br)c(CNCCCN2CCC(C)CC2)c1. The number of hydrogen-bond donors (Lipinski definition) is 1. The van der Waals surface area contributed by atoms with Crippen LogP contribution in [0.5, 0.6) is 5.75 Å². The first-order chi connectivity index (χ1) is 10.2. The van der Waals surface area contributed by atoms with Crippen LogP contribution in [0, 0.1) is 5.92 Å². The maximum absolute atomic E-state index is 5.27. The van der Waals surface area contributed by atoms with E-state index in [0.717, 1.165) is 29.2 Å². The van der Waals surface area contributed by atoms with E-state index in [-0.39, 0.29) is 0 Å². The topological polar surface area (TPSA) is 24.5 Å². The molecule has 0 unspecified atom stereocenters. The molecule has 1 aliphatic rings. The largest absolute Gasteiger partial charge is 0.497 e. The zero-order chi connectivity index (χ0) is 15.1. The second kappa shape index (κ2) is 8.76. The normalized spacial score (nSPS) is 17.1. The maximum Gasteiger partial charge on any atom is 0.119 e. The summed E-state index contributed by atoms with van der Waals surface area (Å²) in [5.74, 6) is 1.84. The monoisotopic (exact) mass is 354 g/mol. The summed E-state index contributed by atoms with van der Waals surface area (Å²) in [6.45, 7) is 8.10. The summed E-state index contributed by atoms with van der Waals surface area (Å²) >= 11 is 3.59. The van der Waals surface area contributed by atoms with Crippen LogP contribution >= 0.6 is 15.9 Å². The van der Waals surface area contributed by atoms with Gasteiger partial charge in [-0.25, -0.2) is 0 Å². The van der Waals surface area contributed by atoms with Crippen LogP contribution in [-0.2, 0) is 6.54 Å². The van der Waals surface area contributed by atoms with Crippen molar-refractivity contribution in [1.82, 2.24) is 10.2 Å². The van der Waals surface area contributed by atoms with Crippen molar-refractivity contribution in [3.8, 4) is 5.75 Å². The smallest absolute Gasteiger partial charge is 0.119 e. The number of nitrogens with one attached hydrogen (secondary N) is 1. The highest BCUT2D eigenvalue weighted by Crippen LogP contribution is 2.22. The third kappa shape index (κ3) is 5.61. The molecule has 0 radical (unpaired) electrons. The fourth-order valence-corrected chi connectivity index (χ4v) is 3.14.